The van der Waals surface area contributed by atoms with Crippen molar-refractivity contribution in [1.29, 1.82) is 0 Å². The minimum absolute atomic E-state index is 0.0437. The van der Waals surface area contributed by atoms with Gasteiger partial charge in [-0.2, -0.15) is 0 Å². The maximum atomic E-state index is 13.0. The van der Waals surface area contributed by atoms with Crippen LogP contribution in [0.25, 0.3) is 0 Å². The molecule has 5 rings (SSSR count). The molecular weight excluding hydrogens is 452 g/mol. The standard InChI is InChI=1S/C25H28N4O4S/c1-31-22-8-7-17(13-23(22)32-2)24(30)26-20-6-4-3-5-19(20)21-15-29-18(16-34-25(29)27-21)14-28-9-11-33-12-10-28/h3-8,13,16,21H,9-12,14-15H2,1-2H3,(H,26,30). The van der Waals surface area contributed by atoms with Gasteiger partial charge in [-0.15, -0.1) is 0 Å². The fraction of sp³-hybridized carbons (Fsp3) is 0.360. The zero-order chi connectivity index (χ0) is 23.5. The van der Waals surface area contributed by atoms with Gasteiger partial charge in [0.05, 0.1) is 40.0 Å². The number of ether oxygens (including phenoxy) is 3. The molecule has 1 fully saturated rings. The van der Waals surface area contributed by atoms with E-state index in [9.17, 15) is 4.79 Å². The molecule has 2 aromatic carbocycles. The average molecular weight is 481 g/mol. The first-order valence-electron chi connectivity index (χ1n) is 11.3. The first kappa shape index (κ1) is 22.8. The van der Waals surface area contributed by atoms with Gasteiger partial charge >= 0.3 is 0 Å². The normalized spacial score (nSPS) is 19.9. The number of benzene rings is 2. The number of para-hydroxylation sites is 1. The number of morpholine rings is 1. The molecular formula is C25H28N4O4S. The van der Waals surface area contributed by atoms with Crippen LogP contribution >= 0.6 is 11.8 Å². The molecule has 1 saturated heterocycles. The molecule has 2 aromatic rings. The van der Waals surface area contributed by atoms with E-state index in [-0.39, 0.29) is 11.9 Å². The number of carbonyl (C=O) groups is 1. The van der Waals surface area contributed by atoms with Crippen molar-refractivity contribution in [2.45, 2.75) is 6.04 Å². The van der Waals surface area contributed by atoms with Crippen molar-refractivity contribution >= 4 is 28.5 Å². The van der Waals surface area contributed by atoms with Crippen molar-refractivity contribution < 1.29 is 19.0 Å². The lowest BCUT2D eigenvalue weighted by Gasteiger charge is -2.29. The summed E-state index contributed by atoms with van der Waals surface area (Å²) in [4.78, 5) is 22.7. The van der Waals surface area contributed by atoms with E-state index in [4.69, 9.17) is 19.2 Å². The minimum Gasteiger partial charge on any atom is -0.493 e. The quantitative estimate of drug-likeness (QED) is 0.649. The van der Waals surface area contributed by atoms with Crippen molar-refractivity contribution in [2.24, 2.45) is 4.99 Å². The second-order valence-electron chi connectivity index (χ2n) is 8.26. The van der Waals surface area contributed by atoms with Crippen LogP contribution < -0.4 is 14.8 Å². The van der Waals surface area contributed by atoms with Crippen LogP contribution in [0.15, 0.2) is 58.6 Å². The Hall–Kier alpha value is -3.01. The van der Waals surface area contributed by atoms with Gasteiger partial charge in [-0.05, 0) is 29.7 Å². The highest BCUT2D eigenvalue weighted by Crippen LogP contribution is 2.39. The molecule has 0 aliphatic carbocycles. The van der Waals surface area contributed by atoms with E-state index in [0.717, 1.165) is 55.8 Å². The number of thioether (sulfide) groups is 1. The molecule has 1 unspecified atom stereocenters. The highest BCUT2D eigenvalue weighted by Gasteiger charge is 2.34. The number of amidine groups is 1. The third kappa shape index (κ3) is 4.64. The molecule has 0 radical (unpaired) electrons. The molecule has 3 aliphatic rings. The number of fused-ring (bicyclic) bond motifs is 1. The van der Waals surface area contributed by atoms with Crippen LogP contribution in [0.2, 0.25) is 0 Å². The van der Waals surface area contributed by atoms with Crippen molar-refractivity contribution in [3.8, 4) is 11.5 Å². The molecule has 0 spiro atoms. The summed E-state index contributed by atoms with van der Waals surface area (Å²) < 4.78 is 16.1. The maximum Gasteiger partial charge on any atom is 0.255 e. The molecule has 1 N–H and O–H groups in total. The Kier molecular flexibility index (Phi) is 6.75. The number of hydrogen-bond donors (Lipinski definition) is 1. The van der Waals surface area contributed by atoms with Crippen LogP contribution in [-0.2, 0) is 4.74 Å². The predicted molar refractivity (Wildman–Crippen MR) is 134 cm³/mol. The summed E-state index contributed by atoms with van der Waals surface area (Å²) in [6.45, 7) is 5.16. The molecule has 0 aromatic heterocycles. The van der Waals surface area contributed by atoms with Crippen molar-refractivity contribution in [3.05, 3.63) is 64.7 Å². The van der Waals surface area contributed by atoms with Gasteiger partial charge in [-0.3, -0.25) is 14.7 Å². The summed E-state index contributed by atoms with van der Waals surface area (Å²) in [5, 5.41) is 6.29. The predicted octanol–water partition coefficient (Wildman–Crippen LogP) is 3.59. The van der Waals surface area contributed by atoms with Gasteiger partial charge in [0.1, 0.15) is 0 Å². The number of anilines is 1. The first-order chi connectivity index (χ1) is 16.7. The van der Waals surface area contributed by atoms with Gasteiger partial charge < -0.3 is 24.4 Å². The lowest BCUT2D eigenvalue weighted by molar-refractivity contribution is 0.0405. The summed E-state index contributed by atoms with van der Waals surface area (Å²) in [7, 11) is 3.13. The van der Waals surface area contributed by atoms with E-state index in [0.29, 0.717) is 17.1 Å². The monoisotopic (exact) mass is 480 g/mol. The number of nitrogens with one attached hydrogen (secondary N) is 1. The lowest BCUT2D eigenvalue weighted by Crippen LogP contribution is -2.39. The van der Waals surface area contributed by atoms with E-state index in [2.05, 4.69) is 20.5 Å². The number of carbonyl (C=O) groups excluding carboxylic acids is 1. The van der Waals surface area contributed by atoms with E-state index in [1.54, 1.807) is 44.2 Å². The van der Waals surface area contributed by atoms with E-state index >= 15 is 0 Å². The van der Waals surface area contributed by atoms with Crippen LogP contribution in [0.5, 0.6) is 11.5 Å². The van der Waals surface area contributed by atoms with Crippen LogP contribution in [0.1, 0.15) is 22.0 Å². The molecule has 34 heavy (non-hydrogen) atoms. The Morgan fingerprint density at radius 2 is 1.94 bits per heavy atom. The Bertz CT molecular complexity index is 1130. The molecule has 178 valence electrons. The van der Waals surface area contributed by atoms with Gasteiger partial charge in [0.2, 0.25) is 0 Å². The molecule has 9 heteroatoms. The SMILES string of the molecule is COc1ccc(C(=O)Nc2ccccc2C2CN3C(CN4CCOCC4)=CSC3=N2)cc1OC. The smallest absolute Gasteiger partial charge is 0.255 e. The van der Waals surface area contributed by atoms with Crippen LogP contribution in [0.4, 0.5) is 5.69 Å². The second-order valence-corrected chi connectivity index (χ2v) is 9.10. The number of methoxy groups -OCH3 is 2. The zero-order valence-electron chi connectivity index (χ0n) is 19.3. The largest absolute Gasteiger partial charge is 0.493 e. The summed E-state index contributed by atoms with van der Waals surface area (Å²) in [5.74, 6) is 0.893. The van der Waals surface area contributed by atoms with Gasteiger partial charge in [-0.25, -0.2) is 0 Å². The topological polar surface area (TPSA) is 75.6 Å². The fourth-order valence-corrected chi connectivity index (χ4v) is 5.32. The highest BCUT2D eigenvalue weighted by atomic mass is 32.2. The molecule has 3 heterocycles. The zero-order valence-corrected chi connectivity index (χ0v) is 20.1. The van der Waals surface area contributed by atoms with Gasteiger partial charge in [-0.1, -0.05) is 30.0 Å². The molecule has 8 nitrogen and oxygen atoms in total. The number of hydrogen-bond acceptors (Lipinski definition) is 8. The number of rotatable bonds is 7. The molecule has 0 bridgehead atoms. The third-order valence-electron chi connectivity index (χ3n) is 6.20. The third-order valence-corrected chi connectivity index (χ3v) is 7.13. The van der Waals surface area contributed by atoms with E-state index in [1.165, 1.54) is 5.70 Å². The molecule has 1 atom stereocenters. The summed E-state index contributed by atoms with van der Waals surface area (Å²) in [5.41, 5.74) is 3.54. The Balaban J connectivity index is 1.30. The van der Waals surface area contributed by atoms with E-state index in [1.807, 2.05) is 24.3 Å². The Labute approximate surface area is 203 Å². The molecule has 1 amide bonds. The average Bonchev–Trinajstić information content (AvgIpc) is 3.46. The lowest BCUT2D eigenvalue weighted by atomic mass is 10.0. The maximum absolute atomic E-state index is 13.0. The summed E-state index contributed by atoms with van der Waals surface area (Å²) in [6.07, 6.45) is 0. The van der Waals surface area contributed by atoms with Crippen molar-refractivity contribution in [1.82, 2.24) is 9.80 Å². The summed E-state index contributed by atoms with van der Waals surface area (Å²) in [6, 6.07) is 13.0. The Morgan fingerprint density at radius 1 is 1.15 bits per heavy atom. The van der Waals surface area contributed by atoms with Gasteiger partial charge in [0, 0.05) is 42.1 Å². The highest BCUT2D eigenvalue weighted by molar-refractivity contribution is 8.16. The van der Waals surface area contributed by atoms with Gasteiger partial charge in [0.15, 0.2) is 16.7 Å². The minimum atomic E-state index is -0.207. The van der Waals surface area contributed by atoms with Gasteiger partial charge in [0.25, 0.3) is 5.91 Å². The van der Waals surface area contributed by atoms with Crippen LogP contribution in [0.3, 0.4) is 0 Å². The molecule has 0 saturated carbocycles. The number of amides is 1. The Morgan fingerprint density at radius 3 is 2.74 bits per heavy atom. The van der Waals surface area contributed by atoms with Crippen LogP contribution in [0, 0.1) is 0 Å². The van der Waals surface area contributed by atoms with Crippen LogP contribution in [-0.4, -0.2) is 74.5 Å². The fourth-order valence-electron chi connectivity index (χ4n) is 4.37. The van der Waals surface area contributed by atoms with Crippen molar-refractivity contribution in [2.75, 3.05) is 58.9 Å². The number of aliphatic imine (C=N–C) groups is 1. The summed E-state index contributed by atoms with van der Waals surface area (Å²) >= 11 is 1.68. The number of nitrogens with zero attached hydrogens (tertiary/aromatic N) is 3. The van der Waals surface area contributed by atoms with E-state index < -0.39 is 0 Å². The molecule has 3 aliphatic heterocycles. The second kappa shape index (κ2) is 10.1. The van der Waals surface area contributed by atoms with Crippen molar-refractivity contribution in [3.63, 3.8) is 0 Å². The first-order valence-corrected chi connectivity index (χ1v) is 12.2.